The van der Waals surface area contributed by atoms with Crippen LogP contribution in [-0.2, 0) is 124 Å². The molecule has 0 radical (unpaired) electrons. The van der Waals surface area contributed by atoms with Crippen LogP contribution in [0.3, 0.4) is 0 Å². The van der Waals surface area contributed by atoms with Crippen molar-refractivity contribution in [3.05, 3.63) is 0 Å². The van der Waals surface area contributed by atoms with Crippen LogP contribution in [0.5, 0.6) is 0 Å². The van der Waals surface area contributed by atoms with Crippen molar-refractivity contribution >= 4 is 77.4 Å². The van der Waals surface area contributed by atoms with Gasteiger partial charge >= 0.3 is 59.7 Å². The molecule has 0 aromatic rings. The van der Waals surface area contributed by atoms with Crippen molar-refractivity contribution in [2.75, 3.05) is 34.0 Å². The Bertz CT molecular complexity index is 2040. The Labute approximate surface area is 405 Å². The second-order valence-corrected chi connectivity index (χ2v) is 15.7. The second kappa shape index (κ2) is 26.8. The molecule has 2 heterocycles. The van der Waals surface area contributed by atoms with Crippen LogP contribution in [0.2, 0.25) is 0 Å². The molecule has 0 aromatic heterocycles. The second-order valence-electron chi connectivity index (χ2n) is 15.7. The first kappa shape index (κ1) is 60.1. The SMILES string of the molecule is COC(=O)[C@]1(OC)C[C@H](OC(C)=O)[C@@H](NC(=O)CNC(=O)[C@]2(OC(C)=O)C[C@H](OC(C)=O)[C@@H](NC(C)=O)[C@H]([C@H](OC(C)=O)[C@@H](COC(C)=O)OC(C)=O)O2)[C@H]([C@H](OC(C)=O)[C@@H](COC(C)=O)OC(C)=O)O1. The first-order valence-electron chi connectivity index (χ1n) is 21.3. The van der Waals surface area contributed by atoms with Crippen molar-refractivity contribution in [3.63, 3.8) is 0 Å². The van der Waals surface area contributed by atoms with Gasteiger partial charge in [0.2, 0.25) is 11.8 Å². The topological polar surface area (TPSA) is 378 Å². The molecule has 0 bridgehead atoms. The molecule has 0 aromatic carbocycles. The van der Waals surface area contributed by atoms with Crippen LogP contribution in [-0.4, -0.2) is 184 Å². The number of amides is 3. The molecule has 2 rings (SSSR count). The van der Waals surface area contributed by atoms with Crippen molar-refractivity contribution in [2.24, 2.45) is 0 Å². The van der Waals surface area contributed by atoms with Crippen molar-refractivity contribution < 1.29 is 124 Å². The summed E-state index contributed by atoms with van der Waals surface area (Å²) in [4.78, 5) is 166. The maximum atomic E-state index is 14.5. The number of carbonyl (C=O) groups is 13. The van der Waals surface area contributed by atoms with Gasteiger partial charge in [-0.2, -0.15) is 0 Å². The van der Waals surface area contributed by atoms with Gasteiger partial charge in [-0.1, -0.05) is 0 Å². The minimum Gasteiger partial charge on any atom is -0.465 e. The summed E-state index contributed by atoms with van der Waals surface area (Å²) in [7, 11) is 1.93. The Kier molecular flexibility index (Phi) is 22.7. The van der Waals surface area contributed by atoms with E-state index >= 15 is 0 Å². The van der Waals surface area contributed by atoms with Crippen molar-refractivity contribution in [1.82, 2.24) is 16.0 Å². The number of hydrogen-bond acceptors (Lipinski definition) is 26. The van der Waals surface area contributed by atoms with Crippen LogP contribution >= 0.6 is 0 Å². The summed E-state index contributed by atoms with van der Waals surface area (Å²) < 4.78 is 70.7. The normalized spacial score (nSPS) is 25.2. The third-order valence-electron chi connectivity index (χ3n) is 9.85. The van der Waals surface area contributed by atoms with Crippen molar-refractivity contribution in [2.45, 2.75) is 155 Å². The standard InChI is InChI=1S/C42H59N3O26/c1-18(46)44-33-28(63-21(4)49)13-41(69-27(10)55,70-37(33)35(67-25(8)53)30(65-23(6)51)16-61-19(2)47)39(57)43-15-32(56)45-34-29(64-22(5)50)14-42(60-12,40(58)59-11)71-38(34)36(68-26(9)54)31(66-24(7)52)17-62-20(3)48/h28-31,33-38H,13-17H2,1-12H3,(H,43,57)(H,44,46)(H,45,56)/t28-,29-,30+,31+,33+,34+,35+,36+,37+,38+,41-,42-/m0/s1. The van der Waals surface area contributed by atoms with Gasteiger partial charge in [0.05, 0.1) is 38.6 Å². The number of rotatable bonds is 22. The third-order valence-corrected chi connectivity index (χ3v) is 9.85. The zero-order valence-electron chi connectivity index (χ0n) is 40.9. The maximum absolute atomic E-state index is 14.5. The van der Waals surface area contributed by atoms with E-state index in [1.807, 2.05) is 0 Å². The van der Waals surface area contributed by atoms with E-state index in [0.29, 0.717) is 0 Å². The van der Waals surface area contributed by atoms with Gasteiger partial charge in [0, 0.05) is 76.3 Å². The van der Waals surface area contributed by atoms with Gasteiger partial charge in [-0.05, 0) is 0 Å². The summed E-state index contributed by atoms with van der Waals surface area (Å²) in [6.45, 7) is 6.59. The molecule has 2 fully saturated rings. The van der Waals surface area contributed by atoms with Crippen LogP contribution in [0.15, 0.2) is 0 Å². The highest BCUT2D eigenvalue weighted by Crippen LogP contribution is 2.38. The lowest BCUT2D eigenvalue weighted by Crippen LogP contribution is -2.71. The molecular weight excluding hydrogens is 962 g/mol. The number of carbonyl (C=O) groups excluding carboxylic acids is 13. The molecule has 2 saturated heterocycles. The zero-order valence-corrected chi connectivity index (χ0v) is 40.9. The van der Waals surface area contributed by atoms with E-state index in [-0.39, 0.29) is 0 Å². The molecule has 3 N–H and O–H groups in total. The molecule has 71 heavy (non-hydrogen) atoms. The quantitative estimate of drug-likeness (QED) is 0.0726. The average molecular weight is 1020 g/mol. The van der Waals surface area contributed by atoms with E-state index in [1.165, 1.54) is 0 Å². The van der Waals surface area contributed by atoms with E-state index in [1.54, 1.807) is 0 Å². The summed E-state index contributed by atoms with van der Waals surface area (Å²) in [5.74, 6) is -19.6. The van der Waals surface area contributed by atoms with Gasteiger partial charge in [-0.25, -0.2) is 4.79 Å². The van der Waals surface area contributed by atoms with Crippen LogP contribution < -0.4 is 16.0 Å². The van der Waals surface area contributed by atoms with E-state index in [2.05, 4.69) is 16.0 Å². The molecule has 29 heteroatoms. The summed E-state index contributed by atoms with van der Waals surface area (Å²) in [6.07, 6.45) is -16.6. The summed E-state index contributed by atoms with van der Waals surface area (Å²) in [6, 6.07) is -3.41. The Morgan fingerprint density at radius 3 is 1.28 bits per heavy atom. The minimum atomic E-state index is -3.00. The van der Waals surface area contributed by atoms with Crippen LogP contribution in [0, 0.1) is 0 Å². The number of nitrogens with one attached hydrogen (secondary N) is 3. The monoisotopic (exact) mass is 1020 g/mol. The Morgan fingerprint density at radius 1 is 0.521 bits per heavy atom. The summed E-state index contributed by atoms with van der Waals surface area (Å²) in [5, 5.41) is 7.07. The van der Waals surface area contributed by atoms with Crippen LogP contribution in [0.25, 0.3) is 0 Å². The van der Waals surface area contributed by atoms with Gasteiger partial charge in [0.1, 0.15) is 37.6 Å². The van der Waals surface area contributed by atoms with E-state index in [0.717, 1.165) is 83.5 Å². The highest BCUT2D eigenvalue weighted by Gasteiger charge is 2.61. The van der Waals surface area contributed by atoms with Gasteiger partial charge < -0.3 is 77.5 Å². The summed E-state index contributed by atoms with van der Waals surface area (Å²) in [5.41, 5.74) is 0. The average Bonchev–Trinajstić information content (AvgIpc) is 3.24. The number of esters is 10. The van der Waals surface area contributed by atoms with Crippen LogP contribution in [0.4, 0.5) is 0 Å². The van der Waals surface area contributed by atoms with Gasteiger partial charge in [-0.3, -0.25) is 57.5 Å². The molecule has 3 amide bonds. The molecule has 2 aliphatic heterocycles. The Balaban J connectivity index is 2.85. The van der Waals surface area contributed by atoms with Gasteiger partial charge in [-0.15, -0.1) is 0 Å². The minimum absolute atomic E-state index is 0.744. The van der Waals surface area contributed by atoms with Crippen molar-refractivity contribution in [1.29, 1.82) is 0 Å². The molecule has 0 aliphatic carbocycles. The first-order chi connectivity index (χ1) is 33.0. The Morgan fingerprint density at radius 2 is 0.930 bits per heavy atom. The van der Waals surface area contributed by atoms with E-state index in [9.17, 15) is 62.3 Å². The lowest BCUT2D eigenvalue weighted by molar-refractivity contribution is -0.307. The fourth-order valence-corrected chi connectivity index (χ4v) is 7.51. The third kappa shape index (κ3) is 18.0. The lowest BCUT2D eigenvalue weighted by Gasteiger charge is -2.48. The highest BCUT2D eigenvalue weighted by molar-refractivity contribution is 5.90. The number of methoxy groups -OCH3 is 2. The maximum Gasteiger partial charge on any atom is 0.366 e. The fourth-order valence-electron chi connectivity index (χ4n) is 7.51. The highest BCUT2D eigenvalue weighted by atomic mass is 16.8. The lowest BCUT2D eigenvalue weighted by atomic mass is 9.87. The number of ether oxygens (including phenoxy) is 13. The predicted molar refractivity (Wildman–Crippen MR) is 224 cm³/mol. The molecule has 2 aliphatic rings. The molecule has 29 nitrogen and oxygen atoms in total. The molecule has 0 spiro atoms. The van der Waals surface area contributed by atoms with Crippen LogP contribution in [0.1, 0.15) is 82.1 Å². The summed E-state index contributed by atoms with van der Waals surface area (Å²) >= 11 is 0. The molecular formula is C42H59N3O26. The van der Waals surface area contributed by atoms with Crippen molar-refractivity contribution in [3.8, 4) is 0 Å². The van der Waals surface area contributed by atoms with E-state index < -0.39 is 183 Å². The first-order valence-corrected chi connectivity index (χ1v) is 21.3. The predicted octanol–water partition coefficient (Wildman–Crippen LogP) is -2.84. The molecule has 12 atom stereocenters. The largest absolute Gasteiger partial charge is 0.465 e. The fraction of sp³-hybridized carbons (Fsp3) is 0.690. The van der Waals surface area contributed by atoms with E-state index in [4.69, 9.17) is 61.6 Å². The van der Waals surface area contributed by atoms with Gasteiger partial charge in [0.25, 0.3) is 17.5 Å². The number of hydrogen-bond donors (Lipinski definition) is 3. The molecule has 398 valence electrons. The Hall–Kier alpha value is -7.01. The smallest absolute Gasteiger partial charge is 0.366 e. The van der Waals surface area contributed by atoms with Gasteiger partial charge in [0.15, 0.2) is 24.4 Å². The molecule has 0 unspecified atom stereocenters. The molecule has 0 saturated carbocycles. The zero-order chi connectivity index (χ0) is 54.1.